The minimum absolute atomic E-state index is 0.0629. The number of nitrogen functional groups attached to an aromatic ring is 1. The number of pyridine rings is 1. The van der Waals surface area contributed by atoms with Gasteiger partial charge >= 0.3 is 6.09 Å². The van der Waals surface area contributed by atoms with Crippen LogP contribution in [0.2, 0.25) is 0 Å². The number of fused-ring (bicyclic) bond motifs is 1. The molecule has 1 amide bonds. The fraction of sp³-hybridized carbons (Fsp3) is 0.190. The topological polar surface area (TPSA) is 124 Å². The lowest BCUT2D eigenvalue weighted by molar-refractivity contribution is 0.180. The molecule has 0 saturated carbocycles. The van der Waals surface area contributed by atoms with E-state index in [2.05, 4.69) is 25.4 Å². The SMILES string of the molecule is CNc1nc(-c2nn(Cc3ccccc3F)c3ncccc23)nc(N)c1N(C)C(=O)OC. The summed E-state index contributed by atoms with van der Waals surface area (Å²) in [7, 11) is 4.42. The van der Waals surface area contributed by atoms with Gasteiger partial charge in [-0.05, 0) is 18.2 Å². The van der Waals surface area contributed by atoms with Crippen molar-refractivity contribution in [1.82, 2.24) is 24.7 Å². The van der Waals surface area contributed by atoms with Crippen LogP contribution in [-0.4, -0.2) is 52.0 Å². The number of nitrogens with one attached hydrogen (secondary N) is 1. The summed E-state index contributed by atoms with van der Waals surface area (Å²) < 4.78 is 20.6. The van der Waals surface area contributed by atoms with Crippen LogP contribution < -0.4 is 16.0 Å². The maximum Gasteiger partial charge on any atom is 0.413 e. The molecule has 3 N–H and O–H groups in total. The van der Waals surface area contributed by atoms with Gasteiger partial charge in [-0.15, -0.1) is 0 Å². The number of aromatic nitrogens is 5. The third kappa shape index (κ3) is 3.64. The molecule has 0 unspecified atom stereocenters. The van der Waals surface area contributed by atoms with Gasteiger partial charge in [-0.25, -0.2) is 28.8 Å². The van der Waals surface area contributed by atoms with E-state index in [4.69, 9.17) is 10.5 Å². The van der Waals surface area contributed by atoms with Gasteiger partial charge in [0, 0.05) is 25.9 Å². The summed E-state index contributed by atoms with van der Waals surface area (Å²) in [4.78, 5) is 26.5. The first kappa shape index (κ1) is 21.0. The Kier molecular flexibility index (Phi) is 5.54. The number of nitrogens with two attached hydrogens (primary N) is 1. The largest absolute Gasteiger partial charge is 0.452 e. The lowest BCUT2D eigenvalue weighted by Gasteiger charge is -2.20. The molecule has 164 valence electrons. The zero-order valence-corrected chi connectivity index (χ0v) is 17.7. The van der Waals surface area contributed by atoms with Gasteiger partial charge in [-0.2, -0.15) is 5.10 Å². The first-order valence-electron chi connectivity index (χ1n) is 9.66. The highest BCUT2D eigenvalue weighted by molar-refractivity contribution is 5.96. The van der Waals surface area contributed by atoms with E-state index in [9.17, 15) is 9.18 Å². The van der Waals surface area contributed by atoms with Gasteiger partial charge in [0.15, 0.2) is 23.1 Å². The van der Waals surface area contributed by atoms with Crippen LogP contribution in [0.25, 0.3) is 22.6 Å². The molecule has 0 fully saturated rings. The van der Waals surface area contributed by atoms with Crippen molar-refractivity contribution in [3.8, 4) is 11.5 Å². The van der Waals surface area contributed by atoms with Crippen molar-refractivity contribution in [2.75, 3.05) is 37.2 Å². The number of carbonyl (C=O) groups excluding carboxylic acids is 1. The molecular weight excluding hydrogens is 415 g/mol. The van der Waals surface area contributed by atoms with E-state index >= 15 is 0 Å². The van der Waals surface area contributed by atoms with Crippen molar-refractivity contribution < 1.29 is 13.9 Å². The van der Waals surface area contributed by atoms with Crippen LogP contribution in [0.15, 0.2) is 42.6 Å². The average Bonchev–Trinajstić information content (AvgIpc) is 3.17. The van der Waals surface area contributed by atoms with Crippen molar-refractivity contribution in [3.63, 3.8) is 0 Å². The average molecular weight is 436 g/mol. The van der Waals surface area contributed by atoms with E-state index in [1.807, 2.05) is 6.07 Å². The summed E-state index contributed by atoms with van der Waals surface area (Å²) in [6, 6.07) is 10.1. The lowest BCUT2D eigenvalue weighted by Crippen LogP contribution is -2.28. The van der Waals surface area contributed by atoms with Crippen LogP contribution in [0, 0.1) is 5.82 Å². The minimum atomic E-state index is -0.617. The number of nitrogens with zero attached hydrogens (tertiary/aromatic N) is 6. The number of benzene rings is 1. The molecule has 1 aromatic carbocycles. The predicted octanol–water partition coefficient (Wildman–Crippen LogP) is 2.90. The van der Waals surface area contributed by atoms with E-state index in [1.165, 1.54) is 25.1 Å². The molecule has 3 aromatic heterocycles. The number of hydrogen-bond acceptors (Lipinski definition) is 8. The van der Waals surface area contributed by atoms with Crippen LogP contribution >= 0.6 is 0 Å². The Morgan fingerprint density at radius 2 is 2.03 bits per heavy atom. The number of carbonyl (C=O) groups is 1. The van der Waals surface area contributed by atoms with Crippen LogP contribution in [0.5, 0.6) is 0 Å². The molecule has 4 rings (SSSR count). The Labute approximate surface area is 182 Å². The van der Waals surface area contributed by atoms with E-state index in [-0.39, 0.29) is 29.7 Å². The Hall–Kier alpha value is -4.28. The Balaban J connectivity index is 1.85. The van der Waals surface area contributed by atoms with Crippen molar-refractivity contribution in [3.05, 3.63) is 54.0 Å². The summed E-state index contributed by atoms with van der Waals surface area (Å²) in [5.41, 5.74) is 7.91. The van der Waals surface area contributed by atoms with Crippen molar-refractivity contribution in [1.29, 1.82) is 0 Å². The standard InChI is InChI=1S/C21H21FN8O2/c1-24-19-16(29(2)21(31)32-3)17(23)26-18(27-19)15-13-8-6-10-25-20(13)30(28-15)11-12-7-4-5-9-14(12)22/h4-10H,11H2,1-3H3,(H3,23,24,26,27). The molecule has 0 aliphatic rings. The highest BCUT2D eigenvalue weighted by atomic mass is 19.1. The van der Waals surface area contributed by atoms with E-state index in [0.29, 0.717) is 28.1 Å². The molecule has 32 heavy (non-hydrogen) atoms. The van der Waals surface area contributed by atoms with Gasteiger partial charge in [0.25, 0.3) is 0 Å². The van der Waals surface area contributed by atoms with Crippen LogP contribution in [-0.2, 0) is 11.3 Å². The molecule has 0 bridgehead atoms. The number of methoxy groups -OCH3 is 1. The van der Waals surface area contributed by atoms with Crippen molar-refractivity contribution >= 4 is 34.4 Å². The molecule has 0 aliphatic carbocycles. The van der Waals surface area contributed by atoms with Crippen LogP contribution in [0.1, 0.15) is 5.56 Å². The third-order valence-electron chi connectivity index (χ3n) is 4.93. The summed E-state index contributed by atoms with van der Waals surface area (Å²) in [5.74, 6) is 0.287. The highest BCUT2D eigenvalue weighted by Crippen LogP contribution is 2.33. The summed E-state index contributed by atoms with van der Waals surface area (Å²) in [6.07, 6.45) is 1.02. The number of amides is 1. The quantitative estimate of drug-likeness (QED) is 0.489. The summed E-state index contributed by atoms with van der Waals surface area (Å²) >= 11 is 0. The van der Waals surface area contributed by atoms with E-state index in [0.717, 1.165) is 0 Å². The van der Waals surface area contributed by atoms with Gasteiger partial charge < -0.3 is 15.8 Å². The molecule has 3 heterocycles. The maximum absolute atomic E-state index is 14.2. The maximum atomic E-state index is 14.2. The van der Waals surface area contributed by atoms with E-state index < -0.39 is 6.09 Å². The van der Waals surface area contributed by atoms with E-state index in [1.54, 1.807) is 42.2 Å². The van der Waals surface area contributed by atoms with Crippen LogP contribution in [0.3, 0.4) is 0 Å². The summed E-state index contributed by atoms with van der Waals surface area (Å²) in [5, 5.41) is 8.22. The lowest BCUT2D eigenvalue weighted by atomic mass is 10.2. The third-order valence-corrected chi connectivity index (χ3v) is 4.93. The fourth-order valence-corrected chi connectivity index (χ4v) is 3.38. The second kappa shape index (κ2) is 8.46. The molecule has 0 radical (unpaired) electrons. The second-order valence-corrected chi connectivity index (χ2v) is 6.88. The molecule has 0 spiro atoms. The smallest absolute Gasteiger partial charge is 0.413 e. The zero-order chi connectivity index (χ0) is 22.8. The Bertz CT molecular complexity index is 1310. The Morgan fingerprint density at radius 3 is 2.75 bits per heavy atom. The van der Waals surface area contributed by atoms with Crippen molar-refractivity contribution in [2.24, 2.45) is 0 Å². The molecule has 0 aliphatic heterocycles. The fourth-order valence-electron chi connectivity index (χ4n) is 3.38. The molecule has 0 atom stereocenters. The minimum Gasteiger partial charge on any atom is -0.452 e. The molecule has 10 nitrogen and oxygen atoms in total. The molecular formula is C21H21FN8O2. The Morgan fingerprint density at radius 1 is 1.25 bits per heavy atom. The van der Waals surface area contributed by atoms with Crippen LogP contribution in [0.4, 0.5) is 26.5 Å². The van der Waals surface area contributed by atoms with Gasteiger partial charge in [0.2, 0.25) is 0 Å². The van der Waals surface area contributed by atoms with Gasteiger partial charge in [-0.3, -0.25) is 4.90 Å². The normalized spacial score (nSPS) is 10.9. The summed E-state index contributed by atoms with van der Waals surface area (Å²) in [6.45, 7) is 0.178. The van der Waals surface area contributed by atoms with Gasteiger partial charge in [0.1, 0.15) is 17.2 Å². The van der Waals surface area contributed by atoms with Crippen molar-refractivity contribution in [2.45, 2.75) is 6.54 Å². The monoisotopic (exact) mass is 436 g/mol. The number of hydrogen-bond donors (Lipinski definition) is 2. The molecule has 4 aromatic rings. The van der Waals surface area contributed by atoms with Gasteiger partial charge in [0.05, 0.1) is 19.0 Å². The first-order valence-corrected chi connectivity index (χ1v) is 9.66. The number of halogens is 1. The van der Waals surface area contributed by atoms with Gasteiger partial charge in [-0.1, -0.05) is 18.2 Å². The zero-order valence-electron chi connectivity index (χ0n) is 17.7. The number of anilines is 3. The number of ether oxygens (including phenoxy) is 1. The highest BCUT2D eigenvalue weighted by Gasteiger charge is 2.24. The molecule has 0 saturated heterocycles. The first-order chi connectivity index (χ1) is 15.4. The molecule has 11 heteroatoms. The number of rotatable bonds is 5. The predicted molar refractivity (Wildman–Crippen MR) is 119 cm³/mol. The second-order valence-electron chi connectivity index (χ2n) is 6.88.